The molecular weight excluding hydrogens is 144 g/mol. The molecule has 0 N–H and O–H groups in total. The minimum Gasteiger partial charge on any atom is -0.456 e. The zero-order valence-electron chi connectivity index (χ0n) is 6.21. The highest BCUT2D eigenvalue weighted by Gasteiger charge is 2.26. The SMILES string of the molecule is O=C(OC1CCCC1)C1=CO1. The summed E-state index contributed by atoms with van der Waals surface area (Å²) in [5, 5.41) is 0. The summed E-state index contributed by atoms with van der Waals surface area (Å²) in [6.07, 6.45) is 5.94. The minimum absolute atomic E-state index is 0.146. The molecule has 0 aromatic heterocycles. The van der Waals surface area contributed by atoms with Gasteiger partial charge < -0.3 is 9.47 Å². The van der Waals surface area contributed by atoms with Gasteiger partial charge in [-0.3, -0.25) is 0 Å². The summed E-state index contributed by atoms with van der Waals surface area (Å²) in [6, 6.07) is 0. The Morgan fingerprint density at radius 2 is 2.18 bits per heavy atom. The van der Waals surface area contributed by atoms with Crippen LogP contribution < -0.4 is 0 Å². The van der Waals surface area contributed by atoms with Gasteiger partial charge in [-0.05, 0) is 25.7 Å². The lowest BCUT2D eigenvalue weighted by molar-refractivity contribution is -0.145. The second-order valence-electron chi connectivity index (χ2n) is 2.91. The molecule has 2 rings (SSSR count). The molecule has 0 atom stereocenters. The van der Waals surface area contributed by atoms with Crippen LogP contribution in [0.25, 0.3) is 0 Å². The predicted molar refractivity (Wildman–Crippen MR) is 37.5 cm³/mol. The van der Waals surface area contributed by atoms with E-state index in [2.05, 4.69) is 4.74 Å². The van der Waals surface area contributed by atoms with Crippen LogP contribution in [0.4, 0.5) is 0 Å². The van der Waals surface area contributed by atoms with Crippen molar-refractivity contribution in [2.45, 2.75) is 31.8 Å². The highest BCUT2D eigenvalue weighted by Crippen LogP contribution is 2.24. The summed E-state index contributed by atoms with van der Waals surface area (Å²) in [7, 11) is 0. The van der Waals surface area contributed by atoms with E-state index in [4.69, 9.17) is 4.74 Å². The first-order valence-electron chi connectivity index (χ1n) is 3.94. The molecule has 11 heavy (non-hydrogen) atoms. The van der Waals surface area contributed by atoms with Gasteiger partial charge in [-0.25, -0.2) is 4.79 Å². The van der Waals surface area contributed by atoms with Crippen LogP contribution in [0.5, 0.6) is 0 Å². The number of carbonyl (C=O) groups excluding carboxylic acids is 1. The first kappa shape index (κ1) is 6.70. The molecule has 0 amide bonds. The summed E-state index contributed by atoms with van der Waals surface area (Å²) in [4.78, 5) is 10.9. The molecule has 0 aromatic rings. The molecule has 3 nitrogen and oxygen atoms in total. The normalized spacial score (nSPS) is 22.4. The summed E-state index contributed by atoms with van der Waals surface area (Å²) in [5.74, 6) is 0.0776. The summed E-state index contributed by atoms with van der Waals surface area (Å²) >= 11 is 0. The molecule has 1 saturated carbocycles. The Balaban J connectivity index is 1.79. The van der Waals surface area contributed by atoms with Gasteiger partial charge in [0.2, 0.25) is 5.76 Å². The monoisotopic (exact) mass is 154 g/mol. The van der Waals surface area contributed by atoms with E-state index < -0.39 is 0 Å². The molecule has 0 radical (unpaired) electrons. The van der Waals surface area contributed by atoms with E-state index in [-0.39, 0.29) is 12.1 Å². The molecule has 0 spiro atoms. The third kappa shape index (κ3) is 1.53. The zero-order valence-corrected chi connectivity index (χ0v) is 6.21. The lowest BCUT2D eigenvalue weighted by atomic mass is 10.3. The Bertz CT molecular complexity index is 201. The topological polar surface area (TPSA) is 38.8 Å². The average Bonchev–Trinajstić information content (AvgIpc) is 2.73. The Hall–Kier alpha value is -0.990. The number of ether oxygens (including phenoxy) is 2. The molecule has 1 aliphatic carbocycles. The summed E-state index contributed by atoms with van der Waals surface area (Å²) in [6.45, 7) is 0. The average molecular weight is 154 g/mol. The lowest BCUT2D eigenvalue weighted by Gasteiger charge is -2.07. The molecule has 1 aliphatic heterocycles. The second kappa shape index (κ2) is 2.57. The van der Waals surface area contributed by atoms with Crippen LogP contribution >= 0.6 is 0 Å². The summed E-state index contributed by atoms with van der Waals surface area (Å²) < 4.78 is 9.70. The van der Waals surface area contributed by atoms with Crippen LogP contribution in [0.2, 0.25) is 0 Å². The van der Waals surface area contributed by atoms with Gasteiger partial charge in [-0.1, -0.05) is 0 Å². The fraction of sp³-hybridized carbons (Fsp3) is 0.625. The third-order valence-corrected chi connectivity index (χ3v) is 2.01. The van der Waals surface area contributed by atoms with E-state index in [0.717, 1.165) is 12.8 Å². The molecule has 1 fully saturated rings. The molecule has 0 bridgehead atoms. The van der Waals surface area contributed by atoms with Crippen LogP contribution in [0.1, 0.15) is 25.7 Å². The minimum atomic E-state index is -0.295. The van der Waals surface area contributed by atoms with Crippen molar-refractivity contribution in [2.24, 2.45) is 0 Å². The van der Waals surface area contributed by atoms with Crippen molar-refractivity contribution in [2.75, 3.05) is 0 Å². The number of rotatable bonds is 2. The highest BCUT2D eigenvalue weighted by molar-refractivity contribution is 5.88. The Morgan fingerprint density at radius 1 is 1.55 bits per heavy atom. The third-order valence-electron chi connectivity index (χ3n) is 2.01. The van der Waals surface area contributed by atoms with Gasteiger partial charge in [0.1, 0.15) is 12.4 Å². The van der Waals surface area contributed by atoms with Crippen LogP contribution in [0.3, 0.4) is 0 Å². The Kier molecular flexibility index (Phi) is 1.56. The van der Waals surface area contributed by atoms with Gasteiger partial charge in [0.25, 0.3) is 0 Å². The van der Waals surface area contributed by atoms with Crippen molar-refractivity contribution in [3.63, 3.8) is 0 Å². The number of carbonyl (C=O) groups is 1. The molecular formula is C8H10O3. The number of hydrogen-bond donors (Lipinski definition) is 0. The Labute approximate surface area is 65.0 Å². The van der Waals surface area contributed by atoms with E-state index in [1.807, 2.05) is 0 Å². The van der Waals surface area contributed by atoms with Gasteiger partial charge in [0.05, 0.1) is 0 Å². The molecule has 1 heterocycles. The lowest BCUT2D eigenvalue weighted by Crippen LogP contribution is -2.13. The van der Waals surface area contributed by atoms with Crippen LogP contribution in [0.15, 0.2) is 12.0 Å². The number of hydrogen-bond acceptors (Lipinski definition) is 3. The number of esters is 1. The van der Waals surface area contributed by atoms with Crippen molar-refractivity contribution < 1.29 is 14.3 Å². The molecule has 0 unspecified atom stereocenters. The second-order valence-corrected chi connectivity index (χ2v) is 2.91. The van der Waals surface area contributed by atoms with Gasteiger partial charge in [-0.2, -0.15) is 0 Å². The fourth-order valence-corrected chi connectivity index (χ4v) is 1.34. The van der Waals surface area contributed by atoms with E-state index in [1.54, 1.807) is 0 Å². The van der Waals surface area contributed by atoms with E-state index >= 15 is 0 Å². The molecule has 60 valence electrons. The van der Waals surface area contributed by atoms with Gasteiger partial charge in [0, 0.05) is 0 Å². The zero-order chi connectivity index (χ0) is 7.68. The van der Waals surface area contributed by atoms with Crippen molar-refractivity contribution in [3.05, 3.63) is 12.0 Å². The quantitative estimate of drug-likeness (QED) is 0.563. The van der Waals surface area contributed by atoms with Crippen LogP contribution in [-0.4, -0.2) is 12.1 Å². The van der Waals surface area contributed by atoms with E-state index in [9.17, 15) is 4.79 Å². The predicted octanol–water partition coefficient (Wildman–Crippen LogP) is 1.34. The maximum Gasteiger partial charge on any atom is 0.377 e. The van der Waals surface area contributed by atoms with Crippen LogP contribution in [0, 0.1) is 0 Å². The molecule has 3 heteroatoms. The highest BCUT2D eigenvalue weighted by atomic mass is 16.6. The van der Waals surface area contributed by atoms with Gasteiger partial charge >= 0.3 is 5.97 Å². The summed E-state index contributed by atoms with van der Waals surface area (Å²) in [5.41, 5.74) is 0. The van der Waals surface area contributed by atoms with Crippen molar-refractivity contribution in [1.82, 2.24) is 0 Å². The molecule has 0 aromatic carbocycles. The van der Waals surface area contributed by atoms with Crippen molar-refractivity contribution in [1.29, 1.82) is 0 Å². The van der Waals surface area contributed by atoms with E-state index in [1.165, 1.54) is 19.1 Å². The van der Waals surface area contributed by atoms with Crippen molar-refractivity contribution >= 4 is 5.97 Å². The maximum atomic E-state index is 10.9. The smallest absolute Gasteiger partial charge is 0.377 e. The van der Waals surface area contributed by atoms with Crippen LogP contribution in [-0.2, 0) is 14.3 Å². The maximum absolute atomic E-state index is 10.9. The first-order chi connectivity index (χ1) is 5.36. The molecule has 0 saturated heterocycles. The van der Waals surface area contributed by atoms with E-state index in [0.29, 0.717) is 5.76 Å². The first-order valence-corrected chi connectivity index (χ1v) is 3.94. The Morgan fingerprint density at radius 3 is 2.73 bits per heavy atom. The standard InChI is InChI=1S/C8H10O3/c9-8(7-5-10-7)11-6-3-1-2-4-6/h5-6H,1-4H2. The largest absolute Gasteiger partial charge is 0.456 e. The molecule has 2 aliphatic rings. The fourth-order valence-electron chi connectivity index (χ4n) is 1.34. The van der Waals surface area contributed by atoms with Crippen molar-refractivity contribution in [3.8, 4) is 0 Å². The van der Waals surface area contributed by atoms with Gasteiger partial charge in [-0.15, -0.1) is 0 Å². The van der Waals surface area contributed by atoms with Gasteiger partial charge in [0.15, 0.2) is 0 Å².